The van der Waals surface area contributed by atoms with Gasteiger partial charge in [-0.1, -0.05) is 24.3 Å². The van der Waals surface area contributed by atoms with Gasteiger partial charge < -0.3 is 15.5 Å². The number of aryl methyl sites for hydroxylation is 1. The summed E-state index contributed by atoms with van der Waals surface area (Å²) in [6, 6.07) is 7.82. The molecule has 2 N–H and O–H groups in total. The molecule has 0 aliphatic carbocycles. The molecule has 0 spiro atoms. The van der Waals surface area contributed by atoms with Crippen LogP contribution in [0.2, 0.25) is 0 Å². The van der Waals surface area contributed by atoms with Crippen LogP contribution in [0.15, 0.2) is 24.3 Å². The minimum atomic E-state index is -0.269. The van der Waals surface area contributed by atoms with Crippen LogP contribution in [0.5, 0.6) is 0 Å². The molecule has 29 heavy (non-hydrogen) atoms. The van der Waals surface area contributed by atoms with Crippen molar-refractivity contribution >= 4 is 17.7 Å². The van der Waals surface area contributed by atoms with E-state index in [1.165, 1.54) is 6.92 Å². The van der Waals surface area contributed by atoms with E-state index in [9.17, 15) is 14.4 Å². The Kier molecular flexibility index (Phi) is 6.31. The molecule has 0 atom stereocenters. The van der Waals surface area contributed by atoms with Gasteiger partial charge in [0.2, 0.25) is 11.8 Å². The van der Waals surface area contributed by atoms with Crippen LogP contribution in [0.3, 0.4) is 0 Å². The molecule has 0 radical (unpaired) electrons. The van der Waals surface area contributed by atoms with E-state index in [0.29, 0.717) is 44.7 Å². The largest absolute Gasteiger partial charge is 0.354 e. The standard InChI is InChI=1S/C21H27N5O3/c1-14-6-4-5-7-16(14)12-19(28)23-9-11-26-18-8-10-25(15(2)27)13-17(18)20(24-26)21(29)22-3/h4-7H,8-13H2,1-3H3,(H,22,29)(H,23,28). The fraction of sp³-hybridized carbons (Fsp3) is 0.429. The first kappa shape index (κ1) is 20.6. The fourth-order valence-electron chi connectivity index (χ4n) is 3.59. The van der Waals surface area contributed by atoms with Gasteiger partial charge in [0.05, 0.1) is 13.0 Å². The zero-order chi connectivity index (χ0) is 21.0. The van der Waals surface area contributed by atoms with Gasteiger partial charge >= 0.3 is 0 Å². The van der Waals surface area contributed by atoms with Crippen LogP contribution in [0, 0.1) is 6.92 Å². The van der Waals surface area contributed by atoms with Gasteiger partial charge in [-0.25, -0.2) is 0 Å². The molecule has 1 aromatic heterocycles. The number of hydrogen-bond donors (Lipinski definition) is 2. The summed E-state index contributed by atoms with van der Waals surface area (Å²) in [5, 5.41) is 10.0. The monoisotopic (exact) mass is 397 g/mol. The second-order valence-electron chi connectivity index (χ2n) is 7.22. The quantitative estimate of drug-likeness (QED) is 0.754. The second kappa shape index (κ2) is 8.89. The highest BCUT2D eigenvalue weighted by molar-refractivity contribution is 5.94. The number of carbonyl (C=O) groups excluding carboxylic acids is 3. The van der Waals surface area contributed by atoms with Crippen molar-refractivity contribution in [2.24, 2.45) is 0 Å². The molecule has 0 fully saturated rings. The van der Waals surface area contributed by atoms with Crippen molar-refractivity contribution in [1.82, 2.24) is 25.3 Å². The first-order valence-electron chi connectivity index (χ1n) is 9.78. The van der Waals surface area contributed by atoms with Crippen molar-refractivity contribution in [2.75, 3.05) is 20.1 Å². The van der Waals surface area contributed by atoms with Gasteiger partial charge in [-0.3, -0.25) is 19.1 Å². The lowest BCUT2D eigenvalue weighted by Gasteiger charge is -2.26. The molecule has 154 valence electrons. The van der Waals surface area contributed by atoms with Gasteiger partial charge in [-0.05, 0) is 18.1 Å². The Morgan fingerprint density at radius 3 is 2.66 bits per heavy atom. The second-order valence-corrected chi connectivity index (χ2v) is 7.22. The SMILES string of the molecule is CNC(=O)c1nn(CCNC(=O)Cc2ccccc2C)c2c1CN(C(C)=O)CC2. The first-order valence-corrected chi connectivity index (χ1v) is 9.78. The van der Waals surface area contributed by atoms with E-state index in [1.807, 2.05) is 31.2 Å². The number of benzene rings is 1. The Morgan fingerprint density at radius 2 is 1.97 bits per heavy atom. The van der Waals surface area contributed by atoms with E-state index in [1.54, 1.807) is 16.6 Å². The average Bonchev–Trinajstić information content (AvgIpc) is 3.07. The van der Waals surface area contributed by atoms with Gasteiger partial charge in [0.15, 0.2) is 5.69 Å². The summed E-state index contributed by atoms with van der Waals surface area (Å²) in [6.07, 6.45) is 0.969. The van der Waals surface area contributed by atoms with Crippen LogP contribution < -0.4 is 10.6 Å². The highest BCUT2D eigenvalue weighted by atomic mass is 16.2. The summed E-state index contributed by atoms with van der Waals surface area (Å²) in [5.41, 5.74) is 4.19. The number of aromatic nitrogens is 2. The molecule has 8 heteroatoms. The molecule has 0 saturated heterocycles. The molecule has 3 amide bonds. The van der Waals surface area contributed by atoms with E-state index >= 15 is 0 Å². The van der Waals surface area contributed by atoms with Crippen LogP contribution in [0.1, 0.15) is 39.8 Å². The van der Waals surface area contributed by atoms with E-state index in [-0.39, 0.29) is 17.7 Å². The molecule has 2 heterocycles. The van der Waals surface area contributed by atoms with Crippen LogP contribution in [-0.2, 0) is 35.5 Å². The van der Waals surface area contributed by atoms with Gasteiger partial charge in [0.25, 0.3) is 5.91 Å². The van der Waals surface area contributed by atoms with Crippen molar-refractivity contribution in [3.8, 4) is 0 Å². The number of carbonyl (C=O) groups is 3. The lowest BCUT2D eigenvalue weighted by molar-refractivity contribution is -0.129. The smallest absolute Gasteiger partial charge is 0.271 e. The van der Waals surface area contributed by atoms with E-state index in [0.717, 1.165) is 22.4 Å². The van der Waals surface area contributed by atoms with Crippen molar-refractivity contribution < 1.29 is 14.4 Å². The number of hydrogen-bond acceptors (Lipinski definition) is 4. The first-order chi connectivity index (χ1) is 13.9. The van der Waals surface area contributed by atoms with Gasteiger partial charge in [0, 0.05) is 51.3 Å². The number of rotatable bonds is 6. The van der Waals surface area contributed by atoms with Crippen LogP contribution in [-0.4, -0.2) is 52.5 Å². The minimum absolute atomic E-state index is 0.0188. The van der Waals surface area contributed by atoms with Crippen LogP contribution >= 0.6 is 0 Å². The third kappa shape index (κ3) is 4.64. The average molecular weight is 397 g/mol. The lowest BCUT2D eigenvalue weighted by Crippen LogP contribution is -2.36. The summed E-state index contributed by atoms with van der Waals surface area (Å²) < 4.78 is 1.78. The minimum Gasteiger partial charge on any atom is -0.354 e. The lowest BCUT2D eigenvalue weighted by atomic mass is 10.0. The van der Waals surface area contributed by atoms with Crippen molar-refractivity contribution in [3.05, 3.63) is 52.3 Å². The number of nitrogens with zero attached hydrogens (tertiary/aromatic N) is 3. The van der Waals surface area contributed by atoms with Crippen LogP contribution in [0.4, 0.5) is 0 Å². The molecule has 1 aromatic carbocycles. The van der Waals surface area contributed by atoms with Gasteiger partial charge in [-0.2, -0.15) is 5.10 Å². The molecule has 8 nitrogen and oxygen atoms in total. The Labute approximate surface area is 170 Å². The topological polar surface area (TPSA) is 96.3 Å². The molecular weight excluding hydrogens is 370 g/mol. The van der Waals surface area contributed by atoms with E-state index in [4.69, 9.17) is 0 Å². The molecule has 0 bridgehead atoms. The molecule has 0 unspecified atom stereocenters. The zero-order valence-electron chi connectivity index (χ0n) is 17.1. The molecule has 0 saturated carbocycles. The number of fused-ring (bicyclic) bond motifs is 1. The number of amides is 3. The Hall–Kier alpha value is -3.16. The highest BCUT2D eigenvalue weighted by Gasteiger charge is 2.28. The van der Waals surface area contributed by atoms with Crippen molar-refractivity contribution in [2.45, 2.75) is 39.8 Å². The molecular formula is C21H27N5O3. The molecule has 1 aliphatic rings. The summed E-state index contributed by atoms with van der Waals surface area (Å²) in [6.45, 7) is 5.39. The summed E-state index contributed by atoms with van der Waals surface area (Å²) in [4.78, 5) is 38.0. The molecule has 3 rings (SSSR count). The third-order valence-corrected chi connectivity index (χ3v) is 5.28. The zero-order valence-corrected chi connectivity index (χ0v) is 17.1. The summed E-state index contributed by atoms with van der Waals surface area (Å²) >= 11 is 0. The predicted molar refractivity (Wildman–Crippen MR) is 108 cm³/mol. The number of nitrogens with one attached hydrogen (secondary N) is 2. The summed E-state index contributed by atoms with van der Waals surface area (Å²) in [5.74, 6) is -0.335. The van der Waals surface area contributed by atoms with Crippen molar-refractivity contribution in [1.29, 1.82) is 0 Å². The Balaban J connectivity index is 1.67. The van der Waals surface area contributed by atoms with Crippen molar-refractivity contribution in [3.63, 3.8) is 0 Å². The normalized spacial score (nSPS) is 13.0. The Bertz CT molecular complexity index is 934. The fourth-order valence-corrected chi connectivity index (χ4v) is 3.59. The molecule has 2 aromatic rings. The predicted octanol–water partition coefficient (Wildman–Crippen LogP) is 0.815. The van der Waals surface area contributed by atoms with E-state index < -0.39 is 0 Å². The maximum absolute atomic E-state index is 12.3. The van der Waals surface area contributed by atoms with Gasteiger partial charge in [0.1, 0.15) is 0 Å². The van der Waals surface area contributed by atoms with E-state index in [2.05, 4.69) is 15.7 Å². The summed E-state index contributed by atoms with van der Waals surface area (Å²) in [7, 11) is 1.56. The van der Waals surface area contributed by atoms with Gasteiger partial charge in [-0.15, -0.1) is 0 Å². The third-order valence-electron chi connectivity index (χ3n) is 5.28. The maximum Gasteiger partial charge on any atom is 0.271 e. The Morgan fingerprint density at radius 1 is 1.21 bits per heavy atom. The highest BCUT2D eigenvalue weighted by Crippen LogP contribution is 2.23. The van der Waals surface area contributed by atoms with Crippen LogP contribution in [0.25, 0.3) is 0 Å². The maximum atomic E-state index is 12.3. The molecule has 1 aliphatic heterocycles.